The number of benzene rings is 2. The SMILES string of the molecule is N#C/C(=C/c1ccc(-c2nc3ccccc3s2)o1)c1ccc([N+](=O)[O-])cc1. The molecule has 0 saturated carbocycles. The van der Waals surface area contributed by atoms with Crippen molar-refractivity contribution >= 4 is 38.9 Å². The summed E-state index contributed by atoms with van der Waals surface area (Å²) in [5, 5.41) is 21.0. The molecule has 0 amide bonds. The Morgan fingerprint density at radius 1 is 1.15 bits per heavy atom. The van der Waals surface area contributed by atoms with Crippen molar-refractivity contribution in [1.82, 2.24) is 4.98 Å². The summed E-state index contributed by atoms with van der Waals surface area (Å²) >= 11 is 1.53. The van der Waals surface area contributed by atoms with Gasteiger partial charge < -0.3 is 4.42 Å². The van der Waals surface area contributed by atoms with Gasteiger partial charge in [-0.2, -0.15) is 5.26 Å². The molecule has 0 fully saturated rings. The number of nitriles is 1. The lowest BCUT2D eigenvalue weighted by Crippen LogP contribution is -1.88. The molecule has 0 spiro atoms. The number of furan rings is 1. The first-order chi connectivity index (χ1) is 13.1. The fourth-order valence-electron chi connectivity index (χ4n) is 2.61. The highest BCUT2D eigenvalue weighted by Gasteiger charge is 2.11. The molecule has 2 heterocycles. The van der Waals surface area contributed by atoms with E-state index in [1.165, 1.54) is 23.5 Å². The van der Waals surface area contributed by atoms with Gasteiger partial charge in [-0.05, 0) is 48.0 Å². The van der Waals surface area contributed by atoms with Gasteiger partial charge in [0.05, 0.1) is 26.8 Å². The van der Waals surface area contributed by atoms with E-state index in [0.29, 0.717) is 22.7 Å². The number of aromatic nitrogens is 1. The largest absolute Gasteiger partial charge is 0.454 e. The molecule has 0 bridgehead atoms. The van der Waals surface area contributed by atoms with Gasteiger partial charge in [0, 0.05) is 12.1 Å². The molecular formula is C20H11N3O3S. The molecule has 0 unspecified atom stereocenters. The third-order valence-corrected chi connectivity index (χ3v) is 4.98. The molecule has 0 radical (unpaired) electrons. The number of non-ortho nitro benzene ring substituents is 1. The molecule has 0 saturated heterocycles. The van der Waals surface area contributed by atoms with Crippen LogP contribution in [0.4, 0.5) is 5.69 Å². The average molecular weight is 373 g/mol. The van der Waals surface area contributed by atoms with Crippen molar-refractivity contribution in [2.24, 2.45) is 0 Å². The summed E-state index contributed by atoms with van der Waals surface area (Å²) in [6.07, 6.45) is 1.61. The van der Waals surface area contributed by atoms with Crippen LogP contribution in [0, 0.1) is 21.4 Å². The third kappa shape index (κ3) is 3.34. The molecule has 2 aromatic heterocycles. The second-order valence-electron chi connectivity index (χ2n) is 5.66. The summed E-state index contributed by atoms with van der Waals surface area (Å²) in [7, 11) is 0. The zero-order valence-corrected chi connectivity index (χ0v) is 14.6. The number of allylic oxidation sites excluding steroid dienone is 1. The first kappa shape index (κ1) is 16.7. The number of fused-ring (bicyclic) bond motifs is 1. The molecule has 0 N–H and O–H groups in total. The minimum Gasteiger partial charge on any atom is -0.454 e. The average Bonchev–Trinajstić information content (AvgIpc) is 3.32. The first-order valence-electron chi connectivity index (χ1n) is 7.96. The number of para-hydroxylation sites is 1. The third-order valence-electron chi connectivity index (χ3n) is 3.93. The number of thiazole rings is 1. The maximum Gasteiger partial charge on any atom is 0.269 e. The maximum atomic E-state index is 10.8. The van der Waals surface area contributed by atoms with Crippen LogP contribution in [0.1, 0.15) is 11.3 Å². The Morgan fingerprint density at radius 3 is 2.63 bits per heavy atom. The van der Waals surface area contributed by atoms with Crippen molar-refractivity contribution < 1.29 is 9.34 Å². The van der Waals surface area contributed by atoms with Crippen molar-refractivity contribution in [2.75, 3.05) is 0 Å². The predicted octanol–water partition coefficient (Wildman–Crippen LogP) is 5.53. The highest BCUT2D eigenvalue weighted by Crippen LogP contribution is 2.32. The van der Waals surface area contributed by atoms with Gasteiger partial charge in [0.15, 0.2) is 10.8 Å². The topological polar surface area (TPSA) is 93.0 Å². The fourth-order valence-corrected chi connectivity index (χ4v) is 3.54. The lowest BCUT2D eigenvalue weighted by atomic mass is 10.1. The van der Waals surface area contributed by atoms with E-state index in [9.17, 15) is 15.4 Å². The Kier molecular flexibility index (Phi) is 4.24. The number of nitro benzene ring substituents is 1. The molecule has 4 aromatic rings. The van der Waals surface area contributed by atoms with Crippen LogP contribution in [0.2, 0.25) is 0 Å². The Hall–Kier alpha value is -3.76. The normalized spacial score (nSPS) is 11.4. The zero-order chi connectivity index (χ0) is 18.8. The van der Waals surface area contributed by atoms with E-state index >= 15 is 0 Å². The van der Waals surface area contributed by atoms with E-state index in [1.54, 1.807) is 24.3 Å². The smallest absolute Gasteiger partial charge is 0.269 e. The highest BCUT2D eigenvalue weighted by atomic mass is 32.1. The van der Waals surface area contributed by atoms with Gasteiger partial charge >= 0.3 is 0 Å². The van der Waals surface area contributed by atoms with Crippen LogP contribution in [0.3, 0.4) is 0 Å². The Morgan fingerprint density at radius 2 is 1.93 bits per heavy atom. The maximum absolute atomic E-state index is 10.8. The lowest BCUT2D eigenvalue weighted by Gasteiger charge is -1.98. The molecule has 0 aliphatic rings. The van der Waals surface area contributed by atoms with Crippen LogP contribution in [-0.2, 0) is 0 Å². The molecule has 7 heteroatoms. The molecule has 6 nitrogen and oxygen atoms in total. The monoisotopic (exact) mass is 373 g/mol. The van der Waals surface area contributed by atoms with E-state index in [-0.39, 0.29) is 5.69 Å². The summed E-state index contributed by atoms with van der Waals surface area (Å²) in [5.41, 5.74) is 1.83. The molecule has 27 heavy (non-hydrogen) atoms. The molecular weight excluding hydrogens is 362 g/mol. The summed E-state index contributed by atoms with van der Waals surface area (Å²) in [5.74, 6) is 1.14. The number of rotatable bonds is 4. The van der Waals surface area contributed by atoms with Gasteiger partial charge in [-0.25, -0.2) is 4.98 Å². The minimum absolute atomic E-state index is 0.0211. The van der Waals surface area contributed by atoms with Crippen LogP contribution < -0.4 is 0 Å². The van der Waals surface area contributed by atoms with Gasteiger partial charge in [-0.15, -0.1) is 11.3 Å². The van der Waals surface area contributed by atoms with Crippen molar-refractivity contribution in [3.63, 3.8) is 0 Å². The van der Waals surface area contributed by atoms with Gasteiger partial charge in [0.1, 0.15) is 5.76 Å². The lowest BCUT2D eigenvalue weighted by molar-refractivity contribution is -0.384. The van der Waals surface area contributed by atoms with Gasteiger partial charge in [-0.3, -0.25) is 10.1 Å². The van der Waals surface area contributed by atoms with E-state index in [4.69, 9.17) is 4.42 Å². The van der Waals surface area contributed by atoms with E-state index in [0.717, 1.165) is 15.2 Å². The van der Waals surface area contributed by atoms with Gasteiger partial charge in [-0.1, -0.05) is 12.1 Å². The van der Waals surface area contributed by atoms with Crippen LogP contribution in [-0.4, -0.2) is 9.91 Å². The van der Waals surface area contributed by atoms with Crippen LogP contribution in [0.15, 0.2) is 65.1 Å². The van der Waals surface area contributed by atoms with Crippen molar-refractivity contribution in [3.8, 4) is 16.8 Å². The summed E-state index contributed by atoms with van der Waals surface area (Å²) < 4.78 is 6.90. The van der Waals surface area contributed by atoms with E-state index in [2.05, 4.69) is 11.1 Å². The van der Waals surface area contributed by atoms with Crippen LogP contribution >= 0.6 is 11.3 Å². The summed E-state index contributed by atoms with van der Waals surface area (Å²) in [4.78, 5) is 14.8. The Bertz CT molecular complexity index is 1180. The summed E-state index contributed by atoms with van der Waals surface area (Å²) in [6, 6.07) is 19.4. The van der Waals surface area contributed by atoms with Crippen LogP contribution in [0.5, 0.6) is 0 Å². The Balaban J connectivity index is 1.65. The Labute approximate surface area is 157 Å². The number of hydrogen-bond donors (Lipinski definition) is 0. The predicted molar refractivity (Wildman–Crippen MR) is 104 cm³/mol. The summed E-state index contributed by atoms with van der Waals surface area (Å²) in [6.45, 7) is 0. The van der Waals surface area contributed by atoms with Crippen molar-refractivity contribution in [3.05, 3.63) is 82.1 Å². The number of nitro groups is 1. The first-order valence-corrected chi connectivity index (χ1v) is 8.78. The molecule has 0 aliphatic carbocycles. The number of hydrogen-bond acceptors (Lipinski definition) is 6. The molecule has 0 aliphatic heterocycles. The second-order valence-corrected chi connectivity index (χ2v) is 6.69. The zero-order valence-electron chi connectivity index (χ0n) is 13.8. The molecule has 4 rings (SSSR count). The molecule has 130 valence electrons. The van der Waals surface area contributed by atoms with E-state index < -0.39 is 4.92 Å². The molecule has 2 aromatic carbocycles. The van der Waals surface area contributed by atoms with Crippen molar-refractivity contribution in [1.29, 1.82) is 5.26 Å². The standard InChI is InChI=1S/C20H11N3O3S/c21-12-14(13-5-7-15(8-6-13)23(24)25)11-16-9-10-18(26-16)20-22-17-3-1-2-4-19(17)27-20/h1-11H/b14-11-. The highest BCUT2D eigenvalue weighted by molar-refractivity contribution is 7.21. The van der Waals surface area contributed by atoms with Gasteiger partial charge in [0.2, 0.25) is 0 Å². The van der Waals surface area contributed by atoms with Gasteiger partial charge in [0.25, 0.3) is 5.69 Å². The quantitative estimate of drug-likeness (QED) is 0.266. The van der Waals surface area contributed by atoms with Crippen LogP contribution in [0.25, 0.3) is 32.6 Å². The minimum atomic E-state index is -0.476. The fraction of sp³-hybridized carbons (Fsp3) is 0. The second kappa shape index (κ2) is 6.86. The molecule has 0 atom stereocenters. The number of nitrogens with zero attached hydrogens (tertiary/aromatic N) is 3. The van der Waals surface area contributed by atoms with E-state index in [1.807, 2.05) is 30.3 Å². The van der Waals surface area contributed by atoms with Crippen molar-refractivity contribution in [2.45, 2.75) is 0 Å².